The van der Waals surface area contributed by atoms with E-state index < -0.39 is 19.4 Å². The molecule has 2 fully saturated rings. The van der Waals surface area contributed by atoms with Crippen molar-refractivity contribution in [3.8, 4) is 0 Å². The van der Waals surface area contributed by atoms with Crippen molar-refractivity contribution in [2.75, 3.05) is 0 Å². The predicted octanol–water partition coefficient (Wildman–Crippen LogP) is 7.79. The minimum absolute atomic E-state index is 0.212. The third-order valence-electron chi connectivity index (χ3n) is 8.31. The summed E-state index contributed by atoms with van der Waals surface area (Å²) in [5.74, 6) is 0.931. The standard InChI is InChI=1S/C28H46NO5P/c1-18(2)23-12-10-20(5)26(15-23)33-35(31,28(32-22(7)30)25-9-8-14-29-17-25)34-27-16-24(19(3)4)13-11-21(27)6/h8-9,14,17-21,23-24,26-28H,10-13,15-16H2,1-7H3/t20-,21-,23-,24+,26+,27+,28-,35?/m0/s1. The molecule has 0 saturated heterocycles. The first-order valence-electron chi connectivity index (χ1n) is 13.5. The van der Waals surface area contributed by atoms with E-state index in [4.69, 9.17) is 13.8 Å². The second kappa shape index (κ2) is 12.3. The van der Waals surface area contributed by atoms with Crippen molar-refractivity contribution in [1.82, 2.24) is 4.98 Å². The summed E-state index contributed by atoms with van der Waals surface area (Å²) in [6, 6.07) is 3.54. The van der Waals surface area contributed by atoms with Crippen LogP contribution in [-0.4, -0.2) is 23.2 Å². The van der Waals surface area contributed by atoms with E-state index in [1.807, 2.05) is 0 Å². The van der Waals surface area contributed by atoms with Gasteiger partial charge in [0.15, 0.2) is 0 Å². The highest BCUT2D eigenvalue weighted by molar-refractivity contribution is 7.54. The Labute approximate surface area is 212 Å². The highest BCUT2D eigenvalue weighted by Crippen LogP contribution is 2.65. The van der Waals surface area contributed by atoms with Crippen LogP contribution in [0.3, 0.4) is 0 Å². The summed E-state index contributed by atoms with van der Waals surface area (Å²) in [5, 5.41) is 0. The number of hydrogen-bond acceptors (Lipinski definition) is 6. The quantitative estimate of drug-likeness (QED) is 0.251. The smallest absolute Gasteiger partial charge is 0.376 e. The Morgan fingerprint density at radius 1 is 0.943 bits per heavy atom. The van der Waals surface area contributed by atoms with Gasteiger partial charge in [0.25, 0.3) is 0 Å². The molecule has 1 aromatic heterocycles. The van der Waals surface area contributed by atoms with E-state index >= 15 is 0 Å². The molecule has 35 heavy (non-hydrogen) atoms. The number of ether oxygens (including phenoxy) is 1. The lowest BCUT2D eigenvalue weighted by Crippen LogP contribution is -2.35. The van der Waals surface area contributed by atoms with E-state index in [9.17, 15) is 9.36 Å². The maximum Gasteiger partial charge on any atom is 0.376 e. The van der Waals surface area contributed by atoms with Crippen LogP contribution in [0.15, 0.2) is 24.5 Å². The molecule has 8 atom stereocenters. The monoisotopic (exact) mass is 507 g/mol. The Kier molecular flexibility index (Phi) is 9.99. The topological polar surface area (TPSA) is 74.7 Å². The van der Waals surface area contributed by atoms with E-state index in [2.05, 4.69) is 46.5 Å². The maximum atomic E-state index is 14.9. The number of carbonyl (C=O) groups is 1. The zero-order valence-corrected chi connectivity index (χ0v) is 23.6. The molecule has 2 saturated carbocycles. The zero-order valence-electron chi connectivity index (χ0n) is 22.7. The van der Waals surface area contributed by atoms with Crippen LogP contribution in [0.5, 0.6) is 0 Å². The minimum Gasteiger partial charge on any atom is -0.444 e. The van der Waals surface area contributed by atoms with E-state index in [-0.39, 0.29) is 24.0 Å². The fraction of sp³-hybridized carbons (Fsp3) is 0.786. The van der Waals surface area contributed by atoms with Gasteiger partial charge in [0.1, 0.15) is 0 Å². The second-order valence-corrected chi connectivity index (χ2v) is 13.6. The fourth-order valence-corrected chi connectivity index (χ4v) is 8.04. The minimum atomic E-state index is -3.91. The van der Waals surface area contributed by atoms with Crippen molar-refractivity contribution in [2.24, 2.45) is 35.5 Å². The summed E-state index contributed by atoms with van der Waals surface area (Å²) in [4.78, 5) is 16.4. The molecule has 0 bridgehead atoms. The molecule has 0 radical (unpaired) electrons. The normalized spacial score (nSPS) is 32.3. The average Bonchev–Trinajstić information content (AvgIpc) is 2.80. The third-order valence-corrected chi connectivity index (χ3v) is 10.4. The predicted molar refractivity (Wildman–Crippen MR) is 139 cm³/mol. The summed E-state index contributed by atoms with van der Waals surface area (Å²) in [5.41, 5.74) is 0.541. The summed E-state index contributed by atoms with van der Waals surface area (Å²) < 4.78 is 33.7. The van der Waals surface area contributed by atoms with Crippen molar-refractivity contribution < 1.29 is 23.1 Å². The Morgan fingerprint density at radius 2 is 1.46 bits per heavy atom. The van der Waals surface area contributed by atoms with Crippen LogP contribution in [0.1, 0.15) is 98.4 Å². The van der Waals surface area contributed by atoms with Crippen LogP contribution in [0.2, 0.25) is 0 Å². The Hall–Kier alpha value is -1.23. The Morgan fingerprint density at radius 3 is 1.86 bits per heavy atom. The molecular formula is C28H46NO5P. The van der Waals surface area contributed by atoms with E-state index in [0.717, 1.165) is 38.5 Å². The molecule has 0 N–H and O–H groups in total. The molecule has 2 aliphatic rings. The summed E-state index contributed by atoms with van der Waals surface area (Å²) >= 11 is 0. The highest BCUT2D eigenvalue weighted by atomic mass is 31.2. The van der Waals surface area contributed by atoms with Gasteiger partial charge in [-0.25, -0.2) is 0 Å². The Balaban J connectivity index is 1.97. The van der Waals surface area contributed by atoms with Crippen molar-refractivity contribution in [3.05, 3.63) is 30.1 Å². The van der Waals surface area contributed by atoms with E-state index in [1.54, 1.807) is 24.5 Å². The molecular weight excluding hydrogens is 461 g/mol. The average molecular weight is 508 g/mol. The first-order chi connectivity index (χ1) is 16.5. The van der Waals surface area contributed by atoms with Gasteiger partial charge in [0, 0.05) is 24.9 Å². The molecule has 1 heterocycles. The number of aromatic nitrogens is 1. The number of hydrogen-bond donors (Lipinski definition) is 0. The molecule has 0 aromatic carbocycles. The van der Waals surface area contributed by atoms with Crippen LogP contribution >= 0.6 is 7.60 Å². The molecule has 7 heteroatoms. The number of esters is 1. The van der Waals surface area contributed by atoms with Crippen LogP contribution in [-0.2, 0) is 23.1 Å². The molecule has 0 spiro atoms. The molecule has 2 aliphatic carbocycles. The second-order valence-electron chi connectivity index (χ2n) is 11.7. The number of pyridine rings is 1. The third kappa shape index (κ3) is 7.40. The Bertz CT molecular complexity index is 822. The van der Waals surface area contributed by atoms with Gasteiger partial charge in [-0.2, -0.15) is 0 Å². The molecule has 0 amide bonds. The van der Waals surface area contributed by atoms with Crippen LogP contribution in [0.25, 0.3) is 0 Å². The van der Waals surface area contributed by atoms with Gasteiger partial charge in [-0.3, -0.25) is 14.3 Å². The fourth-order valence-electron chi connectivity index (χ4n) is 5.63. The van der Waals surface area contributed by atoms with Crippen molar-refractivity contribution >= 4 is 13.6 Å². The molecule has 3 rings (SSSR count). The molecule has 1 aromatic rings. The van der Waals surface area contributed by atoms with Crippen LogP contribution < -0.4 is 0 Å². The van der Waals surface area contributed by atoms with E-state index in [1.165, 1.54) is 6.92 Å². The van der Waals surface area contributed by atoms with Crippen molar-refractivity contribution in [2.45, 2.75) is 105 Å². The molecule has 6 nitrogen and oxygen atoms in total. The van der Waals surface area contributed by atoms with Gasteiger partial charge in [-0.1, -0.05) is 47.6 Å². The number of nitrogens with zero attached hydrogens (tertiary/aromatic N) is 1. The van der Waals surface area contributed by atoms with Crippen LogP contribution in [0, 0.1) is 35.5 Å². The van der Waals surface area contributed by atoms with Gasteiger partial charge < -0.3 is 13.8 Å². The van der Waals surface area contributed by atoms with Crippen LogP contribution in [0.4, 0.5) is 0 Å². The lowest BCUT2D eigenvalue weighted by Gasteiger charge is -2.42. The SMILES string of the molecule is CC(=O)O[C@H](c1cccnc1)P(=O)(O[C@@H]1C[C@H](C(C)C)CC[C@@H]1C)O[C@@H]1C[C@@H](C(C)C)CC[C@@H]1C. The van der Waals surface area contributed by atoms with Gasteiger partial charge in [-0.15, -0.1) is 0 Å². The maximum absolute atomic E-state index is 14.9. The molecule has 1 unspecified atom stereocenters. The van der Waals surface area contributed by atoms with Gasteiger partial charge >= 0.3 is 13.6 Å². The number of rotatable bonds is 9. The van der Waals surface area contributed by atoms with Gasteiger partial charge in [0.2, 0.25) is 5.85 Å². The highest BCUT2D eigenvalue weighted by Gasteiger charge is 2.48. The van der Waals surface area contributed by atoms with Crippen molar-refractivity contribution in [1.29, 1.82) is 0 Å². The first-order valence-corrected chi connectivity index (χ1v) is 15.1. The number of carbonyl (C=O) groups excluding carboxylic acids is 1. The lowest BCUT2D eigenvalue weighted by molar-refractivity contribution is -0.144. The van der Waals surface area contributed by atoms with E-state index in [0.29, 0.717) is 29.2 Å². The summed E-state index contributed by atoms with van der Waals surface area (Å²) in [6.45, 7) is 14.6. The summed E-state index contributed by atoms with van der Waals surface area (Å²) in [6.07, 6.45) is 8.82. The lowest BCUT2D eigenvalue weighted by atomic mass is 9.76. The molecule has 0 aliphatic heterocycles. The first kappa shape index (κ1) is 28.3. The largest absolute Gasteiger partial charge is 0.444 e. The zero-order chi connectivity index (χ0) is 25.8. The van der Waals surface area contributed by atoms with Gasteiger partial charge in [-0.05, 0) is 80.1 Å². The molecule has 198 valence electrons. The summed E-state index contributed by atoms with van der Waals surface area (Å²) in [7, 11) is -3.91. The van der Waals surface area contributed by atoms with Crippen molar-refractivity contribution in [3.63, 3.8) is 0 Å². The van der Waals surface area contributed by atoms with Gasteiger partial charge in [0.05, 0.1) is 12.2 Å².